The highest BCUT2D eigenvalue weighted by Crippen LogP contribution is 2.35. The van der Waals surface area contributed by atoms with Crippen LogP contribution in [0, 0.1) is 0 Å². The maximum atomic E-state index is 12.2. The number of para-hydroxylation sites is 1. The highest BCUT2D eigenvalue weighted by Gasteiger charge is 2.42. The van der Waals surface area contributed by atoms with E-state index < -0.39 is 42.3 Å². The van der Waals surface area contributed by atoms with E-state index in [-0.39, 0.29) is 0 Å². The molecular weight excluding hydrogens is 305 g/mol. The number of aliphatic carboxylic acids is 1. The largest absolute Gasteiger partial charge is 0.480 e. The summed E-state index contributed by atoms with van der Waals surface area (Å²) >= 11 is 0. The summed E-state index contributed by atoms with van der Waals surface area (Å²) in [5.74, 6) is -5.46. The Morgan fingerprint density at radius 1 is 1.32 bits per heavy atom. The average Bonchev–Trinajstić information content (AvgIpc) is 2.73. The van der Waals surface area contributed by atoms with Gasteiger partial charge in [-0.1, -0.05) is 18.2 Å². The van der Waals surface area contributed by atoms with Crippen molar-refractivity contribution in [3.8, 4) is 0 Å². The minimum Gasteiger partial charge on any atom is -0.480 e. The zero-order valence-corrected chi connectivity index (χ0v) is 11.0. The molecule has 9 heteroatoms. The Morgan fingerprint density at radius 2 is 1.95 bits per heavy atom. The molecule has 1 heterocycles. The lowest BCUT2D eigenvalue weighted by molar-refractivity contribution is -0.175. The van der Waals surface area contributed by atoms with Crippen LogP contribution in [0.4, 0.5) is 18.9 Å². The third kappa shape index (κ3) is 3.18. The van der Waals surface area contributed by atoms with Gasteiger partial charge in [0.25, 0.3) is 0 Å². The molecule has 2 atom stereocenters. The van der Waals surface area contributed by atoms with Crippen molar-refractivity contribution in [2.75, 3.05) is 5.32 Å². The van der Waals surface area contributed by atoms with E-state index >= 15 is 0 Å². The third-order valence-electron chi connectivity index (χ3n) is 3.24. The Hall–Kier alpha value is -2.58. The van der Waals surface area contributed by atoms with Gasteiger partial charge < -0.3 is 15.7 Å². The van der Waals surface area contributed by atoms with Gasteiger partial charge in [-0.2, -0.15) is 13.2 Å². The summed E-state index contributed by atoms with van der Waals surface area (Å²) < 4.78 is 36.7. The van der Waals surface area contributed by atoms with Crippen molar-refractivity contribution in [1.82, 2.24) is 5.32 Å². The minimum absolute atomic E-state index is 0.472. The smallest absolute Gasteiger partial charge is 0.471 e. The highest BCUT2D eigenvalue weighted by molar-refractivity contribution is 6.03. The van der Waals surface area contributed by atoms with Crippen molar-refractivity contribution in [1.29, 1.82) is 0 Å². The molecule has 1 aromatic carbocycles. The molecule has 1 aromatic rings. The summed E-state index contributed by atoms with van der Waals surface area (Å²) in [5, 5.41) is 12.9. The van der Waals surface area contributed by atoms with E-state index in [9.17, 15) is 27.6 Å². The third-order valence-corrected chi connectivity index (χ3v) is 3.24. The number of alkyl halides is 3. The number of rotatable bonds is 4. The fourth-order valence-corrected chi connectivity index (χ4v) is 2.21. The Morgan fingerprint density at radius 3 is 2.55 bits per heavy atom. The lowest BCUT2D eigenvalue weighted by atomic mass is 9.93. The molecule has 1 aliphatic heterocycles. The van der Waals surface area contributed by atoms with Crippen LogP contribution >= 0.6 is 0 Å². The molecule has 0 saturated carbocycles. The van der Waals surface area contributed by atoms with E-state index in [4.69, 9.17) is 5.11 Å². The SMILES string of the molecule is O=C1Nc2ccccc2C1C[C@H](NC(=O)C(F)(F)F)C(=O)O. The second kappa shape index (κ2) is 5.66. The number of halogens is 3. The van der Waals surface area contributed by atoms with Crippen LogP contribution in [0.5, 0.6) is 0 Å². The standard InChI is InChI=1S/C13H11F3N2O4/c14-13(15,16)12(22)18-9(11(20)21)5-7-6-3-1-2-4-8(6)17-10(7)19/h1-4,7,9H,5H2,(H,17,19)(H,18,22)(H,20,21)/t7?,9-/m0/s1. The number of amides is 2. The van der Waals surface area contributed by atoms with Gasteiger partial charge in [-0.05, 0) is 18.1 Å². The number of carboxylic acids is 1. The number of anilines is 1. The molecule has 2 rings (SSSR count). The Balaban J connectivity index is 2.17. The van der Waals surface area contributed by atoms with Gasteiger partial charge in [0.05, 0.1) is 5.92 Å². The second-order valence-corrected chi connectivity index (χ2v) is 4.73. The van der Waals surface area contributed by atoms with Gasteiger partial charge in [-0.15, -0.1) is 0 Å². The fraction of sp³-hybridized carbons (Fsp3) is 0.308. The Bertz CT molecular complexity index is 630. The Labute approximate surface area is 122 Å². The molecule has 1 aliphatic rings. The van der Waals surface area contributed by atoms with Crippen molar-refractivity contribution >= 4 is 23.5 Å². The molecule has 0 saturated heterocycles. The minimum atomic E-state index is -5.19. The van der Waals surface area contributed by atoms with Crippen molar-refractivity contribution in [2.45, 2.75) is 24.6 Å². The van der Waals surface area contributed by atoms with Gasteiger partial charge in [0.1, 0.15) is 6.04 Å². The first-order valence-electron chi connectivity index (χ1n) is 6.20. The number of carbonyl (C=O) groups is 3. The number of carbonyl (C=O) groups excluding carboxylic acids is 2. The van der Waals surface area contributed by atoms with E-state index in [0.717, 1.165) is 0 Å². The lowest BCUT2D eigenvalue weighted by Gasteiger charge is -2.18. The van der Waals surface area contributed by atoms with Crippen LogP contribution in [0.3, 0.4) is 0 Å². The van der Waals surface area contributed by atoms with Gasteiger partial charge in [0.2, 0.25) is 5.91 Å². The van der Waals surface area contributed by atoms with Crippen molar-refractivity contribution in [3.63, 3.8) is 0 Å². The van der Waals surface area contributed by atoms with Crippen molar-refractivity contribution < 1.29 is 32.7 Å². The zero-order chi connectivity index (χ0) is 16.5. The molecule has 0 aromatic heterocycles. The van der Waals surface area contributed by atoms with E-state index in [2.05, 4.69) is 5.32 Å². The molecule has 0 bridgehead atoms. The number of benzene rings is 1. The first kappa shape index (κ1) is 15.8. The summed E-state index contributed by atoms with van der Waals surface area (Å²) in [4.78, 5) is 33.8. The fourth-order valence-electron chi connectivity index (χ4n) is 2.21. The molecule has 2 amide bonds. The van der Waals surface area contributed by atoms with E-state index in [1.807, 2.05) is 0 Å². The molecule has 22 heavy (non-hydrogen) atoms. The molecular formula is C13H11F3N2O4. The normalized spacial score (nSPS) is 18.3. The van der Waals surface area contributed by atoms with Gasteiger partial charge >= 0.3 is 18.1 Å². The van der Waals surface area contributed by atoms with Crippen molar-refractivity contribution in [2.24, 2.45) is 0 Å². The molecule has 0 spiro atoms. The van der Waals surface area contributed by atoms with Gasteiger partial charge in [-0.25, -0.2) is 4.79 Å². The maximum Gasteiger partial charge on any atom is 0.471 e. The summed E-state index contributed by atoms with van der Waals surface area (Å²) in [5.41, 5.74) is 0.962. The molecule has 0 radical (unpaired) electrons. The van der Waals surface area contributed by atoms with Crippen LogP contribution in [-0.2, 0) is 14.4 Å². The Kier molecular flexibility index (Phi) is 4.07. The number of carboxylic acid groups (broad SMARTS) is 1. The van der Waals surface area contributed by atoms with Crippen LogP contribution in [0.25, 0.3) is 0 Å². The first-order chi connectivity index (χ1) is 10.2. The quantitative estimate of drug-likeness (QED) is 0.779. The van der Waals surface area contributed by atoms with Crippen LogP contribution < -0.4 is 10.6 Å². The van der Waals surface area contributed by atoms with Crippen LogP contribution in [0.1, 0.15) is 17.9 Å². The summed E-state index contributed by atoms with van der Waals surface area (Å²) in [6, 6.07) is 4.62. The molecule has 118 valence electrons. The zero-order valence-electron chi connectivity index (χ0n) is 11.0. The lowest BCUT2D eigenvalue weighted by Crippen LogP contribution is -2.47. The average molecular weight is 316 g/mol. The monoisotopic (exact) mass is 316 g/mol. The molecule has 0 aliphatic carbocycles. The molecule has 6 nitrogen and oxygen atoms in total. The van der Waals surface area contributed by atoms with Crippen molar-refractivity contribution in [3.05, 3.63) is 29.8 Å². The summed E-state index contributed by atoms with van der Waals surface area (Å²) in [7, 11) is 0. The summed E-state index contributed by atoms with van der Waals surface area (Å²) in [6.07, 6.45) is -5.66. The van der Waals surface area contributed by atoms with Gasteiger partial charge in [0.15, 0.2) is 0 Å². The molecule has 1 unspecified atom stereocenters. The van der Waals surface area contributed by atoms with Crippen LogP contribution in [0.2, 0.25) is 0 Å². The van der Waals surface area contributed by atoms with E-state index in [1.54, 1.807) is 24.3 Å². The van der Waals surface area contributed by atoms with E-state index in [0.29, 0.717) is 11.3 Å². The van der Waals surface area contributed by atoms with E-state index in [1.165, 1.54) is 5.32 Å². The molecule has 3 N–H and O–H groups in total. The first-order valence-corrected chi connectivity index (χ1v) is 6.20. The van der Waals surface area contributed by atoms with Crippen LogP contribution in [-0.4, -0.2) is 35.1 Å². The predicted molar refractivity (Wildman–Crippen MR) is 68.1 cm³/mol. The predicted octanol–water partition coefficient (Wildman–Crippen LogP) is 1.24. The number of hydrogen-bond donors (Lipinski definition) is 3. The maximum absolute atomic E-state index is 12.2. The topological polar surface area (TPSA) is 95.5 Å². The second-order valence-electron chi connectivity index (χ2n) is 4.73. The number of nitrogens with one attached hydrogen (secondary N) is 2. The number of fused-ring (bicyclic) bond motifs is 1. The molecule has 0 fully saturated rings. The summed E-state index contributed by atoms with van der Waals surface area (Å²) in [6.45, 7) is 0. The van der Waals surface area contributed by atoms with Crippen LogP contribution in [0.15, 0.2) is 24.3 Å². The van der Waals surface area contributed by atoms with Gasteiger partial charge in [-0.3, -0.25) is 9.59 Å². The van der Waals surface area contributed by atoms with Gasteiger partial charge in [0, 0.05) is 5.69 Å². The highest BCUT2D eigenvalue weighted by atomic mass is 19.4. The number of hydrogen-bond acceptors (Lipinski definition) is 3.